The predicted octanol–water partition coefficient (Wildman–Crippen LogP) is 2.35. The van der Waals surface area contributed by atoms with Gasteiger partial charge in [-0.2, -0.15) is 0 Å². The van der Waals surface area contributed by atoms with Gasteiger partial charge in [0.2, 0.25) is 0 Å². The fraction of sp³-hybridized carbons (Fsp3) is 1.00. The Morgan fingerprint density at radius 2 is 2.00 bits per heavy atom. The molecule has 0 spiro atoms. The molecule has 2 rings (SSSR count). The lowest BCUT2D eigenvalue weighted by molar-refractivity contribution is -0.104. The van der Waals surface area contributed by atoms with Gasteiger partial charge in [0.1, 0.15) is 0 Å². The Kier molecular flexibility index (Phi) is 5.75. The smallest absolute Gasteiger partial charge is 0.0962 e. The van der Waals surface area contributed by atoms with Gasteiger partial charge in [0.05, 0.1) is 25.9 Å². The molecule has 1 aliphatic carbocycles. The maximum Gasteiger partial charge on any atom is 0.0962 e. The maximum atomic E-state index is 5.85. The van der Waals surface area contributed by atoms with E-state index in [4.69, 9.17) is 9.47 Å². The Balaban J connectivity index is 1.81. The molecule has 0 aromatic heterocycles. The normalized spacial score (nSPS) is 29.1. The molecule has 2 fully saturated rings. The second-order valence-electron chi connectivity index (χ2n) is 5.39. The molecule has 3 nitrogen and oxygen atoms in total. The van der Waals surface area contributed by atoms with Gasteiger partial charge in [-0.1, -0.05) is 39.0 Å². The topological polar surface area (TPSA) is 30.5 Å². The zero-order valence-electron chi connectivity index (χ0n) is 11.1. The number of rotatable bonds is 5. The zero-order valence-corrected chi connectivity index (χ0v) is 11.1. The lowest BCUT2D eigenvalue weighted by Crippen LogP contribution is -2.47. The third kappa shape index (κ3) is 4.23. The summed E-state index contributed by atoms with van der Waals surface area (Å²) in [6.45, 7) is 5.50. The fourth-order valence-corrected chi connectivity index (χ4v) is 3.15. The highest BCUT2D eigenvalue weighted by Crippen LogP contribution is 2.28. The Morgan fingerprint density at radius 3 is 2.65 bits per heavy atom. The van der Waals surface area contributed by atoms with Gasteiger partial charge in [-0.25, -0.2) is 0 Å². The minimum absolute atomic E-state index is 0.269. The van der Waals surface area contributed by atoms with Gasteiger partial charge in [0, 0.05) is 6.04 Å². The number of likely N-dealkylation sites (N-methyl/N-ethyl adjacent to an activating group) is 1. The molecule has 0 aromatic carbocycles. The van der Waals surface area contributed by atoms with Crippen molar-refractivity contribution in [2.75, 3.05) is 26.4 Å². The van der Waals surface area contributed by atoms with Gasteiger partial charge in [0.15, 0.2) is 0 Å². The van der Waals surface area contributed by atoms with E-state index >= 15 is 0 Å². The van der Waals surface area contributed by atoms with E-state index in [1.807, 2.05) is 0 Å². The first-order chi connectivity index (χ1) is 8.40. The van der Waals surface area contributed by atoms with Crippen LogP contribution in [-0.2, 0) is 9.47 Å². The highest BCUT2D eigenvalue weighted by atomic mass is 16.6. The van der Waals surface area contributed by atoms with Crippen LogP contribution in [0.4, 0.5) is 0 Å². The van der Waals surface area contributed by atoms with E-state index in [2.05, 4.69) is 12.2 Å². The molecule has 0 aromatic rings. The Bertz CT molecular complexity index is 198. The van der Waals surface area contributed by atoms with Crippen molar-refractivity contribution >= 4 is 0 Å². The van der Waals surface area contributed by atoms with Gasteiger partial charge >= 0.3 is 0 Å². The summed E-state index contributed by atoms with van der Waals surface area (Å²) in [5, 5.41) is 3.59. The molecule has 2 unspecified atom stereocenters. The van der Waals surface area contributed by atoms with E-state index in [1.165, 1.54) is 38.5 Å². The van der Waals surface area contributed by atoms with Crippen LogP contribution in [-0.4, -0.2) is 38.5 Å². The van der Waals surface area contributed by atoms with E-state index in [0.29, 0.717) is 6.04 Å². The summed E-state index contributed by atoms with van der Waals surface area (Å²) < 4.78 is 11.4. The lowest BCUT2D eigenvalue weighted by Gasteiger charge is -2.34. The summed E-state index contributed by atoms with van der Waals surface area (Å²) >= 11 is 0. The average Bonchev–Trinajstić information content (AvgIpc) is 2.40. The molecule has 3 heteroatoms. The molecule has 100 valence electrons. The zero-order chi connectivity index (χ0) is 11.9. The monoisotopic (exact) mass is 241 g/mol. The van der Waals surface area contributed by atoms with Crippen molar-refractivity contribution in [2.45, 2.75) is 57.6 Å². The molecule has 0 bridgehead atoms. The summed E-state index contributed by atoms with van der Waals surface area (Å²) in [4.78, 5) is 0. The number of hydrogen-bond donors (Lipinski definition) is 1. The largest absolute Gasteiger partial charge is 0.376 e. The summed E-state index contributed by atoms with van der Waals surface area (Å²) in [6, 6.07) is 0.489. The molecule has 1 N–H and O–H groups in total. The Hall–Kier alpha value is -0.120. The minimum Gasteiger partial charge on any atom is -0.376 e. The molecule has 1 aliphatic heterocycles. The second-order valence-corrected chi connectivity index (χ2v) is 5.39. The maximum absolute atomic E-state index is 5.85. The molecule has 2 atom stereocenters. The van der Waals surface area contributed by atoms with Gasteiger partial charge in [-0.3, -0.25) is 0 Å². The highest BCUT2D eigenvalue weighted by Gasteiger charge is 2.27. The molecule has 1 saturated carbocycles. The quantitative estimate of drug-likeness (QED) is 0.801. The lowest BCUT2D eigenvalue weighted by atomic mass is 9.83. The van der Waals surface area contributed by atoms with Gasteiger partial charge < -0.3 is 14.8 Å². The van der Waals surface area contributed by atoms with Crippen molar-refractivity contribution in [1.82, 2.24) is 5.32 Å². The van der Waals surface area contributed by atoms with Crippen molar-refractivity contribution in [3.8, 4) is 0 Å². The molecule has 1 heterocycles. The van der Waals surface area contributed by atoms with Crippen LogP contribution < -0.4 is 5.32 Å². The van der Waals surface area contributed by atoms with Gasteiger partial charge in [-0.05, 0) is 18.9 Å². The number of hydrogen-bond acceptors (Lipinski definition) is 3. The molecule has 0 amide bonds. The molecular formula is C14H27NO2. The van der Waals surface area contributed by atoms with Crippen molar-refractivity contribution < 1.29 is 9.47 Å². The van der Waals surface area contributed by atoms with Crippen LogP contribution in [0, 0.1) is 5.92 Å². The summed E-state index contributed by atoms with van der Waals surface area (Å²) in [7, 11) is 0. The van der Waals surface area contributed by atoms with Gasteiger partial charge in [-0.15, -0.1) is 0 Å². The SMILES string of the molecule is CCNC(CC1CCCCC1)C1COCCO1. The summed E-state index contributed by atoms with van der Waals surface area (Å²) in [6.07, 6.45) is 8.64. The van der Waals surface area contributed by atoms with Crippen molar-refractivity contribution in [1.29, 1.82) is 0 Å². The van der Waals surface area contributed by atoms with Crippen LogP contribution in [0.2, 0.25) is 0 Å². The first-order valence-corrected chi connectivity index (χ1v) is 7.33. The van der Waals surface area contributed by atoms with E-state index < -0.39 is 0 Å². The minimum atomic E-state index is 0.269. The first-order valence-electron chi connectivity index (χ1n) is 7.33. The predicted molar refractivity (Wildman–Crippen MR) is 69.2 cm³/mol. The Labute approximate surface area is 105 Å². The van der Waals surface area contributed by atoms with Crippen LogP contribution in [0.5, 0.6) is 0 Å². The number of ether oxygens (including phenoxy) is 2. The third-order valence-corrected chi connectivity index (χ3v) is 4.07. The molecule has 2 aliphatic rings. The summed E-state index contributed by atoms with van der Waals surface area (Å²) in [5.41, 5.74) is 0. The molecule has 17 heavy (non-hydrogen) atoms. The van der Waals surface area contributed by atoms with Gasteiger partial charge in [0.25, 0.3) is 0 Å². The van der Waals surface area contributed by atoms with Crippen molar-refractivity contribution in [3.05, 3.63) is 0 Å². The van der Waals surface area contributed by atoms with E-state index in [9.17, 15) is 0 Å². The fourth-order valence-electron chi connectivity index (χ4n) is 3.15. The van der Waals surface area contributed by atoms with E-state index in [0.717, 1.165) is 32.3 Å². The van der Waals surface area contributed by atoms with Crippen LogP contribution >= 0.6 is 0 Å². The second kappa shape index (κ2) is 7.34. The van der Waals surface area contributed by atoms with E-state index in [1.54, 1.807) is 0 Å². The van der Waals surface area contributed by atoms with Crippen molar-refractivity contribution in [3.63, 3.8) is 0 Å². The first kappa shape index (κ1) is 13.3. The molecular weight excluding hydrogens is 214 g/mol. The van der Waals surface area contributed by atoms with Crippen LogP contribution in [0.1, 0.15) is 45.4 Å². The highest BCUT2D eigenvalue weighted by molar-refractivity contribution is 4.82. The average molecular weight is 241 g/mol. The van der Waals surface area contributed by atoms with E-state index in [-0.39, 0.29) is 6.10 Å². The molecule has 0 radical (unpaired) electrons. The summed E-state index contributed by atoms with van der Waals surface area (Å²) in [5.74, 6) is 0.901. The van der Waals surface area contributed by atoms with Crippen LogP contribution in [0.25, 0.3) is 0 Å². The standard InChI is InChI=1S/C14H27NO2/c1-2-15-13(14-11-16-8-9-17-14)10-12-6-4-3-5-7-12/h12-15H,2-11H2,1H3. The van der Waals surface area contributed by atoms with Crippen molar-refractivity contribution in [2.24, 2.45) is 5.92 Å². The molecule has 1 saturated heterocycles. The Morgan fingerprint density at radius 1 is 1.18 bits per heavy atom. The van der Waals surface area contributed by atoms with Crippen LogP contribution in [0.15, 0.2) is 0 Å². The van der Waals surface area contributed by atoms with Crippen LogP contribution in [0.3, 0.4) is 0 Å². The number of nitrogens with one attached hydrogen (secondary N) is 1. The third-order valence-electron chi connectivity index (χ3n) is 4.07.